The van der Waals surface area contributed by atoms with E-state index < -0.39 is 0 Å². The summed E-state index contributed by atoms with van der Waals surface area (Å²) in [6.07, 6.45) is 0.209. The molecule has 0 aliphatic rings. The zero-order valence-corrected chi connectivity index (χ0v) is 9.36. The number of phenolic OH excluding ortho intramolecular Hbond substituents is 1. The maximum Gasteiger partial charge on any atom is 0.120 e. The minimum absolute atomic E-state index is 0.209. The van der Waals surface area contributed by atoms with Gasteiger partial charge >= 0.3 is 0 Å². The fourth-order valence-electron chi connectivity index (χ4n) is 1.41. The van der Waals surface area contributed by atoms with Crippen LogP contribution < -0.4 is 5.32 Å². The van der Waals surface area contributed by atoms with Crippen molar-refractivity contribution in [2.75, 3.05) is 13.2 Å². The van der Waals surface area contributed by atoms with Gasteiger partial charge in [-0.05, 0) is 19.9 Å². The standard InChI is InChI=1S/C12H19NO2/c1-3-15-10(2)8-13-9-11-6-4-5-7-12(11)14/h4-7,10,13-14H,3,8-9H2,1-2H3. The molecule has 1 aromatic rings. The first-order valence-corrected chi connectivity index (χ1v) is 5.33. The number of rotatable bonds is 6. The molecule has 1 atom stereocenters. The second-order valence-corrected chi connectivity index (χ2v) is 3.53. The number of benzene rings is 1. The largest absolute Gasteiger partial charge is 0.508 e. The van der Waals surface area contributed by atoms with Crippen LogP contribution in [-0.4, -0.2) is 24.4 Å². The minimum atomic E-state index is 0.209. The Hall–Kier alpha value is -1.06. The van der Waals surface area contributed by atoms with Crippen molar-refractivity contribution in [2.45, 2.75) is 26.5 Å². The number of phenols is 1. The van der Waals surface area contributed by atoms with Gasteiger partial charge in [0.15, 0.2) is 0 Å². The summed E-state index contributed by atoms with van der Waals surface area (Å²) in [4.78, 5) is 0. The van der Waals surface area contributed by atoms with Gasteiger partial charge in [-0.15, -0.1) is 0 Å². The van der Waals surface area contributed by atoms with Crippen molar-refractivity contribution >= 4 is 0 Å². The van der Waals surface area contributed by atoms with Crippen molar-refractivity contribution in [3.63, 3.8) is 0 Å². The predicted molar refractivity (Wildman–Crippen MR) is 60.9 cm³/mol. The average Bonchev–Trinajstić information content (AvgIpc) is 2.21. The van der Waals surface area contributed by atoms with E-state index in [1.807, 2.05) is 32.0 Å². The molecule has 0 saturated heterocycles. The van der Waals surface area contributed by atoms with Crippen LogP contribution in [0.25, 0.3) is 0 Å². The molecular formula is C12H19NO2. The molecule has 15 heavy (non-hydrogen) atoms. The van der Waals surface area contributed by atoms with E-state index in [4.69, 9.17) is 4.74 Å². The molecule has 0 spiro atoms. The van der Waals surface area contributed by atoms with E-state index in [0.717, 1.165) is 18.7 Å². The molecule has 0 aromatic heterocycles. The molecule has 1 rings (SSSR count). The van der Waals surface area contributed by atoms with E-state index in [0.29, 0.717) is 12.3 Å². The molecule has 0 bridgehead atoms. The fraction of sp³-hybridized carbons (Fsp3) is 0.500. The smallest absolute Gasteiger partial charge is 0.120 e. The van der Waals surface area contributed by atoms with Crippen molar-refractivity contribution in [1.82, 2.24) is 5.32 Å². The number of ether oxygens (including phenoxy) is 1. The lowest BCUT2D eigenvalue weighted by Crippen LogP contribution is -2.26. The molecule has 0 amide bonds. The third-order valence-corrected chi connectivity index (χ3v) is 2.19. The molecular weight excluding hydrogens is 190 g/mol. The van der Waals surface area contributed by atoms with E-state index in [-0.39, 0.29) is 6.10 Å². The van der Waals surface area contributed by atoms with Crippen LogP contribution in [-0.2, 0) is 11.3 Å². The number of para-hydroxylation sites is 1. The van der Waals surface area contributed by atoms with E-state index in [2.05, 4.69) is 5.32 Å². The van der Waals surface area contributed by atoms with Crippen LogP contribution in [0.1, 0.15) is 19.4 Å². The van der Waals surface area contributed by atoms with Gasteiger partial charge in [0.05, 0.1) is 6.10 Å². The van der Waals surface area contributed by atoms with Gasteiger partial charge in [-0.3, -0.25) is 0 Å². The van der Waals surface area contributed by atoms with Crippen LogP contribution in [0.15, 0.2) is 24.3 Å². The Balaban J connectivity index is 2.29. The van der Waals surface area contributed by atoms with Gasteiger partial charge in [0, 0.05) is 25.3 Å². The maximum absolute atomic E-state index is 9.51. The third-order valence-electron chi connectivity index (χ3n) is 2.19. The highest BCUT2D eigenvalue weighted by Gasteiger charge is 2.02. The number of hydrogen-bond donors (Lipinski definition) is 2. The first-order valence-electron chi connectivity index (χ1n) is 5.33. The highest BCUT2D eigenvalue weighted by atomic mass is 16.5. The molecule has 3 heteroatoms. The Bertz CT molecular complexity index is 289. The van der Waals surface area contributed by atoms with Gasteiger partial charge in [-0.2, -0.15) is 0 Å². The second kappa shape index (κ2) is 6.43. The molecule has 3 nitrogen and oxygen atoms in total. The third kappa shape index (κ3) is 4.32. The molecule has 0 saturated carbocycles. The first-order chi connectivity index (χ1) is 7.24. The van der Waals surface area contributed by atoms with Crippen LogP contribution in [0.5, 0.6) is 5.75 Å². The Labute approximate surface area is 91.1 Å². The SMILES string of the molecule is CCOC(C)CNCc1ccccc1O. The summed E-state index contributed by atoms with van der Waals surface area (Å²) in [5, 5.41) is 12.7. The van der Waals surface area contributed by atoms with E-state index in [1.54, 1.807) is 6.07 Å². The molecule has 0 radical (unpaired) electrons. The molecule has 0 heterocycles. The van der Waals surface area contributed by atoms with Crippen LogP contribution in [0.4, 0.5) is 0 Å². The summed E-state index contributed by atoms with van der Waals surface area (Å²) in [6.45, 7) is 6.21. The normalized spacial score (nSPS) is 12.7. The Morgan fingerprint density at radius 2 is 2.13 bits per heavy atom. The zero-order chi connectivity index (χ0) is 11.1. The topological polar surface area (TPSA) is 41.5 Å². The van der Waals surface area contributed by atoms with Crippen molar-refractivity contribution in [2.24, 2.45) is 0 Å². The number of hydrogen-bond acceptors (Lipinski definition) is 3. The highest BCUT2D eigenvalue weighted by molar-refractivity contribution is 5.31. The molecule has 84 valence electrons. The van der Waals surface area contributed by atoms with Crippen molar-refractivity contribution < 1.29 is 9.84 Å². The zero-order valence-electron chi connectivity index (χ0n) is 9.36. The lowest BCUT2D eigenvalue weighted by Gasteiger charge is -2.12. The van der Waals surface area contributed by atoms with Crippen LogP contribution in [0, 0.1) is 0 Å². The first kappa shape index (κ1) is 12.0. The van der Waals surface area contributed by atoms with Gasteiger partial charge in [-0.25, -0.2) is 0 Å². The van der Waals surface area contributed by atoms with Crippen molar-refractivity contribution in [1.29, 1.82) is 0 Å². The summed E-state index contributed by atoms with van der Waals surface area (Å²) < 4.78 is 5.39. The van der Waals surface area contributed by atoms with E-state index in [9.17, 15) is 5.11 Å². The maximum atomic E-state index is 9.51. The summed E-state index contributed by atoms with van der Waals surface area (Å²) in [7, 11) is 0. The predicted octanol–water partition coefficient (Wildman–Crippen LogP) is 1.91. The quantitative estimate of drug-likeness (QED) is 0.752. The molecule has 0 fully saturated rings. The average molecular weight is 209 g/mol. The Morgan fingerprint density at radius 3 is 2.80 bits per heavy atom. The Kier molecular flexibility index (Phi) is 5.15. The molecule has 2 N–H and O–H groups in total. The monoisotopic (exact) mass is 209 g/mol. The van der Waals surface area contributed by atoms with Gasteiger partial charge < -0.3 is 15.2 Å². The Morgan fingerprint density at radius 1 is 1.40 bits per heavy atom. The van der Waals surface area contributed by atoms with Crippen LogP contribution in [0.3, 0.4) is 0 Å². The molecule has 0 aliphatic heterocycles. The molecule has 0 aliphatic carbocycles. The lowest BCUT2D eigenvalue weighted by molar-refractivity contribution is 0.0759. The second-order valence-electron chi connectivity index (χ2n) is 3.53. The summed E-state index contributed by atoms with van der Waals surface area (Å²) in [6, 6.07) is 7.35. The van der Waals surface area contributed by atoms with E-state index >= 15 is 0 Å². The van der Waals surface area contributed by atoms with Crippen molar-refractivity contribution in [3.05, 3.63) is 29.8 Å². The van der Waals surface area contributed by atoms with Gasteiger partial charge in [0.2, 0.25) is 0 Å². The summed E-state index contributed by atoms with van der Waals surface area (Å²) in [5.74, 6) is 0.342. The minimum Gasteiger partial charge on any atom is -0.508 e. The van der Waals surface area contributed by atoms with Crippen LogP contribution >= 0.6 is 0 Å². The lowest BCUT2D eigenvalue weighted by atomic mass is 10.2. The van der Waals surface area contributed by atoms with Gasteiger partial charge in [-0.1, -0.05) is 18.2 Å². The number of aromatic hydroxyl groups is 1. The summed E-state index contributed by atoms with van der Waals surface area (Å²) in [5.41, 5.74) is 0.918. The molecule has 1 unspecified atom stereocenters. The molecule has 1 aromatic carbocycles. The fourth-order valence-corrected chi connectivity index (χ4v) is 1.41. The van der Waals surface area contributed by atoms with Gasteiger partial charge in [0.25, 0.3) is 0 Å². The summed E-state index contributed by atoms with van der Waals surface area (Å²) >= 11 is 0. The highest BCUT2D eigenvalue weighted by Crippen LogP contribution is 2.14. The van der Waals surface area contributed by atoms with Crippen molar-refractivity contribution in [3.8, 4) is 5.75 Å². The van der Waals surface area contributed by atoms with E-state index in [1.165, 1.54) is 0 Å². The number of nitrogens with one attached hydrogen (secondary N) is 1. The van der Waals surface area contributed by atoms with Crippen LogP contribution in [0.2, 0.25) is 0 Å². The van der Waals surface area contributed by atoms with Gasteiger partial charge in [0.1, 0.15) is 5.75 Å².